The third-order valence-electron chi connectivity index (χ3n) is 5.89. The van der Waals surface area contributed by atoms with Gasteiger partial charge in [-0.2, -0.15) is 0 Å². The average Bonchev–Trinajstić information content (AvgIpc) is 3.01. The second kappa shape index (κ2) is 9.50. The van der Waals surface area contributed by atoms with E-state index in [1.54, 1.807) is 13.3 Å². The molecule has 1 amide bonds. The Kier molecular flexibility index (Phi) is 7.03. The van der Waals surface area contributed by atoms with E-state index in [9.17, 15) is 9.90 Å². The number of aryl methyl sites for hydroxylation is 2. The van der Waals surface area contributed by atoms with Gasteiger partial charge in [-0.25, -0.2) is 9.97 Å². The summed E-state index contributed by atoms with van der Waals surface area (Å²) >= 11 is 0. The molecular weight excluding hydrogens is 368 g/mol. The fourth-order valence-corrected chi connectivity index (χ4v) is 4.24. The highest BCUT2D eigenvalue weighted by atomic mass is 16.5. The number of likely N-dealkylation sites (tertiary alicyclic amines) is 1. The highest BCUT2D eigenvalue weighted by Crippen LogP contribution is 2.30. The van der Waals surface area contributed by atoms with Crippen LogP contribution in [0.2, 0.25) is 0 Å². The Morgan fingerprint density at radius 2 is 2.00 bits per heavy atom. The molecule has 1 saturated heterocycles. The van der Waals surface area contributed by atoms with Gasteiger partial charge in [0.2, 0.25) is 0 Å². The van der Waals surface area contributed by atoms with Crippen LogP contribution in [0.25, 0.3) is 0 Å². The Morgan fingerprint density at radius 1 is 1.28 bits per heavy atom. The molecule has 2 aromatic heterocycles. The maximum Gasteiger partial charge on any atom is 0.255 e. The number of hydrogen-bond donors (Lipinski definition) is 1. The molecule has 2 aromatic rings. The quantitative estimate of drug-likeness (QED) is 0.723. The number of aliphatic hydroxyl groups excluding tert-OH is 1. The summed E-state index contributed by atoms with van der Waals surface area (Å²) in [4.78, 5) is 23.9. The number of aliphatic hydroxyl groups is 1. The minimum atomic E-state index is -0.0518. The summed E-state index contributed by atoms with van der Waals surface area (Å²) < 4.78 is 7.35. The minimum absolute atomic E-state index is 0.0518. The first kappa shape index (κ1) is 21.5. The van der Waals surface area contributed by atoms with Crippen molar-refractivity contribution in [2.24, 2.45) is 0 Å². The molecule has 7 nitrogen and oxygen atoms in total. The molecule has 0 saturated carbocycles. The number of ether oxygens (including phenoxy) is 1. The van der Waals surface area contributed by atoms with Gasteiger partial charge in [0, 0.05) is 62.4 Å². The van der Waals surface area contributed by atoms with Crippen molar-refractivity contribution in [1.82, 2.24) is 19.4 Å². The number of methoxy groups -OCH3 is 1. The van der Waals surface area contributed by atoms with Gasteiger partial charge in [0.15, 0.2) is 0 Å². The number of aromatic nitrogens is 3. The van der Waals surface area contributed by atoms with Crippen LogP contribution >= 0.6 is 0 Å². The van der Waals surface area contributed by atoms with Crippen LogP contribution in [0.3, 0.4) is 0 Å². The van der Waals surface area contributed by atoms with Crippen LogP contribution in [0, 0.1) is 20.8 Å². The zero-order valence-corrected chi connectivity index (χ0v) is 17.9. The molecule has 29 heavy (non-hydrogen) atoms. The Morgan fingerprint density at radius 3 is 2.66 bits per heavy atom. The zero-order chi connectivity index (χ0) is 21.0. The Hall–Kier alpha value is -2.25. The van der Waals surface area contributed by atoms with Crippen molar-refractivity contribution in [2.45, 2.75) is 59.1 Å². The first-order chi connectivity index (χ1) is 14.0. The molecule has 0 unspecified atom stereocenters. The molecule has 1 N–H and O–H groups in total. The predicted molar refractivity (Wildman–Crippen MR) is 111 cm³/mol. The molecule has 3 rings (SSSR count). The third kappa shape index (κ3) is 4.67. The minimum Gasteiger partial charge on any atom is -0.392 e. The molecular formula is C22H32N4O3. The van der Waals surface area contributed by atoms with Gasteiger partial charge in [0.1, 0.15) is 5.82 Å². The summed E-state index contributed by atoms with van der Waals surface area (Å²) in [6, 6.07) is 2.01. The molecule has 0 radical (unpaired) electrons. The number of carbonyl (C=O) groups excluding carboxylic acids is 1. The van der Waals surface area contributed by atoms with Crippen LogP contribution in [0.1, 0.15) is 64.0 Å². The zero-order valence-electron chi connectivity index (χ0n) is 17.9. The van der Waals surface area contributed by atoms with Crippen LogP contribution in [-0.4, -0.2) is 57.3 Å². The fourth-order valence-electron chi connectivity index (χ4n) is 4.24. The normalized spacial score (nSPS) is 15.1. The van der Waals surface area contributed by atoms with Crippen molar-refractivity contribution in [1.29, 1.82) is 0 Å². The number of hydrogen-bond acceptors (Lipinski definition) is 5. The second-order valence-electron chi connectivity index (χ2n) is 7.84. The van der Waals surface area contributed by atoms with E-state index >= 15 is 0 Å². The van der Waals surface area contributed by atoms with Crippen LogP contribution < -0.4 is 0 Å². The van der Waals surface area contributed by atoms with Crippen molar-refractivity contribution in [2.75, 3.05) is 26.8 Å². The van der Waals surface area contributed by atoms with Gasteiger partial charge in [-0.15, -0.1) is 0 Å². The van der Waals surface area contributed by atoms with E-state index in [4.69, 9.17) is 4.74 Å². The first-order valence-corrected chi connectivity index (χ1v) is 10.3. The SMILES string of the molecule is COCCCn1c(C)cc(C(=O)N2CCC(c3nc(C)ncc3CO)CC2)c1C. The topological polar surface area (TPSA) is 80.5 Å². The van der Waals surface area contributed by atoms with E-state index in [1.807, 2.05) is 24.8 Å². The van der Waals surface area contributed by atoms with E-state index in [0.29, 0.717) is 19.7 Å². The summed E-state index contributed by atoms with van der Waals surface area (Å²) in [5.41, 5.74) is 4.66. The molecule has 1 aliphatic heterocycles. The van der Waals surface area contributed by atoms with E-state index in [0.717, 1.165) is 59.8 Å². The highest BCUT2D eigenvalue weighted by molar-refractivity contribution is 5.95. The van der Waals surface area contributed by atoms with Gasteiger partial charge < -0.3 is 19.3 Å². The Bertz CT molecular complexity index is 854. The van der Waals surface area contributed by atoms with Crippen molar-refractivity contribution in [3.8, 4) is 0 Å². The summed E-state index contributed by atoms with van der Waals surface area (Å²) in [5, 5.41) is 9.61. The van der Waals surface area contributed by atoms with Crippen molar-refractivity contribution in [3.05, 3.63) is 46.3 Å². The number of rotatable bonds is 7. The first-order valence-electron chi connectivity index (χ1n) is 10.3. The molecule has 0 aliphatic carbocycles. The molecule has 158 valence electrons. The molecule has 0 spiro atoms. The van der Waals surface area contributed by atoms with Gasteiger partial charge >= 0.3 is 0 Å². The molecule has 3 heterocycles. The van der Waals surface area contributed by atoms with E-state index in [1.165, 1.54) is 0 Å². The van der Waals surface area contributed by atoms with Crippen molar-refractivity contribution < 1.29 is 14.6 Å². The maximum absolute atomic E-state index is 13.2. The number of nitrogens with zero attached hydrogens (tertiary/aromatic N) is 4. The fraction of sp³-hybridized carbons (Fsp3) is 0.591. The smallest absolute Gasteiger partial charge is 0.255 e. The Labute approximate surface area is 172 Å². The number of carbonyl (C=O) groups is 1. The predicted octanol–water partition coefficient (Wildman–Crippen LogP) is 2.75. The summed E-state index contributed by atoms with van der Waals surface area (Å²) in [5.74, 6) is 1.08. The third-order valence-corrected chi connectivity index (χ3v) is 5.89. The van der Waals surface area contributed by atoms with Gasteiger partial charge in [0.25, 0.3) is 5.91 Å². The highest BCUT2D eigenvalue weighted by Gasteiger charge is 2.28. The lowest BCUT2D eigenvalue weighted by Gasteiger charge is -2.32. The molecule has 0 bridgehead atoms. The number of amides is 1. The summed E-state index contributed by atoms with van der Waals surface area (Å²) in [7, 11) is 1.71. The van der Waals surface area contributed by atoms with Crippen molar-refractivity contribution in [3.63, 3.8) is 0 Å². The van der Waals surface area contributed by atoms with Crippen LogP contribution in [0.5, 0.6) is 0 Å². The molecule has 7 heteroatoms. The molecule has 0 atom stereocenters. The summed E-state index contributed by atoms with van der Waals surface area (Å²) in [6.45, 7) is 8.86. The average molecular weight is 401 g/mol. The Balaban J connectivity index is 1.68. The van der Waals surface area contributed by atoms with Crippen LogP contribution in [-0.2, 0) is 17.9 Å². The van der Waals surface area contributed by atoms with Gasteiger partial charge in [0.05, 0.1) is 17.9 Å². The van der Waals surface area contributed by atoms with Crippen molar-refractivity contribution >= 4 is 5.91 Å². The van der Waals surface area contributed by atoms with E-state index in [-0.39, 0.29) is 18.4 Å². The van der Waals surface area contributed by atoms with E-state index < -0.39 is 0 Å². The molecule has 1 aliphatic rings. The second-order valence-corrected chi connectivity index (χ2v) is 7.84. The molecule has 1 fully saturated rings. The van der Waals surface area contributed by atoms with Crippen LogP contribution in [0.15, 0.2) is 12.3 Å². The lowest BCUT2D eigenvalue weighted by atomic mass is 9.90. The van der Waals surface area contributed by atoms with Gasteiger partial charge in [-0.1, -0.05) is 0 Å². The van der Waals surface area contributed by atoms with Crippen LogP contribution in [0.4, 0.5) is 0 Å². The largest absolute Gasteiger partial charge is 0.392 e. The van der Waals surface area contributed by atoms with E-state index in [2.05, 4.69) is 21.5 Å². The lowest BCUT2D eigenvalue weighted by Crippen LogP contribution is -2.38. The molecule has 0 aromatic carbocycles. The van der Waals surface area contributed by atoms with Gasteiger partial charge in [-0.05, 0) is 46.1 Å². The number of piperidine rings is 1. The van der Waals surface area contributed by atoms with Gasteiger partial charge in [-0.3, -0.25) is 4.79 Å². The summed E-state index contributed by atoms with van der Waals surface area (Å²) in [6.07, 6.45) is 4.34. The maximum atomic E-state index is 13.2. The lowest BCUT2D eigenvalue weighted by molar-refractivity contribution is 0.0710. The monoisotopic (exact) mass is 400 g/mol. The standard InChI is InChI=1S/C22H32N4O3/c1-15-12-20(16(2)26(15)8-5-11-29-4)22(28)25-9-6-18(7-10-25)21-19(14-27)13-23-17(3)24-21/h12-13,18,27H,5-11,14H2,1-4H3.